The Balaban J connectivity index is 1.55. The van der Waals surface area contributed by atoms with Crippen LogP contribution in [0.1, 0.15) is 24.4 Å². The van der Waals surface area contributed by atoms with E-state index in [1.165, 1.54) is 12.1 Å². The molecule has 0 aliphatic heterocycles. The van der Waals surface area contributed by atoms with Crippen LogP contribution in [0.15, 0.2) is 54.7 Å². The Bertz CT molecular complexity index is 1190. The average Bonchev–Trinajstić information content (AvgIpc) is 3.26. The predicted molar refractivity (Wildman–Crippen MR) is 115 cm³/mol. The van der Waals surface area contributed by atoms with E-state index >= 15 is 0 Å². The van der Waals surface area contributed by atoms with Crippen LogP contribution >= 0.6 is 0 Å². The van der Waals surface area contributed by atoms with Gasteiger partial charge in [0.25, 0.3) is 0 Å². The van der Waals surface area contributed by atoms with E-state index in [0.29, 0.717) is 6.54 Å². The van der Waals surface area contributed by atoms with Gasteiger partial charge in [-0.3, -0.25) is 9.48 Å². The lowest BCUT2D eigenvalue weighted by Gasteiger charge is -2.16. The maximum absolute atomic E-state index is 13.4. The molecule has 0 saturated carbocycles. The minimum absolute atomic E-state index is 0.0405. The van der Waals surface area contributed by atoms with Crippen molar-refractivity contribution in [3.8, 4) is 11.3 Å². The summed E-state index contributed by atoms with van der Waals surface area (Å²) in [6.07, 6.45) is 1.70. The van der Waals surface area contributed by atoms with Gasteiger partial charge in [0, 0.05) is 23.8 Å². The van der Waals surface area contributed by atoms with Crippen molar-refractivity contribution < 1.29 is 9.18 Å². The molecule has 4 aromatic rings. The van der Waals surface area contributed by atoms with Gasteiger partial charge in [-0.2, -0.15) is 5.10 Å². The fourth-order valence-electron chi connectivity index (χ4n) is 3.75. The molecule has 0 fully saturated rings. The smallest absolute Gasteiger partial charge is 0.240 e. The van der Waals surface area contributed by atoms with Gasteiger partial charge < -0.3 is 9.88 Å². The number of aromatic nitrogens is 4. The van der Waals surface area contributed by atoms with Crippen LogP contribution in [-0.4, -0.2) is 31.8 Å². The minimum atomic E-state index is -0.296. The third-order valence-corrected chi connectivity index (χ3v) is 5.15. The second kappa shape index (κ2) is 8.10. The summed E-state index contributed by atoms with van der Waals surface area (Å²) in [4.78, 5) is 17.2. The van der Waals surface area contributed by atoms with Gasteiger partial charge >= 0.3 is 0 Å². The molecule has 3 heterocycles. The van der Waals surface area contributed by atoms with E-state index in [-0.39, 0.29) is 24.3 Å². The van der Waals surface area contributed by atoms with Crippen molar-refractivity contribution in [2.45, 2.75) is 33.4 Å². The molecule has 0 saturated heterocycles. The Hall–Kier alpha value is -3.48. The van der Waals surface area contributed by atoms with Crippen molar-refractivity contribution in [3.63, 3.8) is 0 Å². The van der Waals surface area contributed by atoms with Crippen molar-refractivity contribution in [1.82, 2.24) is 24.6 Å². The molecule has 0 bridgehead atoms. The Kier molecular flexibility index (Phi) is 5.35. The summed E-state index contributed by atoms with van der Waals surface area (Å²) in [6, 6.07) is 14.1. The summed E-state index contributed by atoms with van der Waals surface area (Å²) in [5.41, 5.74) is 4.40. The number of benzene rings is 1. The zero-order chi connectivity index (χ0) is 21.3. The van der Waals surface area contributed by atoms with Gasteiger partial charge in [-0.25, -0.2) is 9.37 Å². The summed E-state index contributed by atoms with van der Waals surface area (Å²) in [7, 11) is 0. The Morgan fingerprint density at radius 1 is 1.17 bits per heavy atom. The molecule has 1 N–H and O–H groups in total. The first-order valence-corrected chi connectivity index (χ1v) is 9.92. The number of rotatable bonds is 6. The van der Waals surface area contributed by atoms with E-state index in [1.54, 1.807) is 18.3 Å². The van der Waals surface area contributed by atoms with Gasteiger partial charge in [0.2, 0.25) is 5.91 Å². The number of fused-ring (bicyclic) bond motifs is 1. The average molecular weight is 405 g/mol. The Labute approximate surface area is 174 Å². The Morgan fingerprint density at radius 3 is 2.63 bits per heavy atom. The first-order valence-electron chi connectivity index (χ1n) is 9.92. The van der Waals surface area contributed by atoms with Crippen LogP contribution in [0.2, 0.25) is 0 Å². The van der Waals surface area contributed by atoms with Gasteiger partial charge in [0.05, 0.1) is 17.4 Å². The number of hydrogen-bond donors (Lipinski definition) is 1. The molecule has 7 heteroatoms. The molecule has 0 unspecified atom stereocenters. The van der Waals surface area contributed by atoms with Crippen LogP contribution in [0.4, 0.5) is 4.39 Å². The number of pyridine rings is 1. The fraction of sp³-hybridized carbons (Fsp3) is 0.261. The second-order valence-electron chi connectivity index (χ2n) is 7.56. The minimum Gasteiger partial charge on any atom is -0.352 e. The third kappa shape index (κ3) is 3.96. The normalized spacial score (nSPS) is 12.3. The van der Waals surface area contributed by atoms with Crippen LogP contribution in [0.5, 0.6) is 0 Å². The first-order chi connectivity index (χ1) is 14.4. The molecule has 0 radical (unpaired) electrons. The number of aryl methyl sites for hydroxylation is 2. The molecule has 0 aliphatic rings. The summed E-state index contributed by atoms with van der Waals surface area (Å²) in [5, 5.41) is 8.42. The molecule has 154 valence electrons. The van der Waals surface area contributed by atoms with Crippen LogP contribution in [0.25, 0.3) is 22.3 Å². The second-order valence-corrected chi connectivity index (χ2v) is 7.56. The molecular weight excluding hydrogens is 381 g/mol. The van der Waals surface area contributed by atoms with Crippen LogP contribution in [-0.2, 0) is 11.3 Å². The molecule has 1 atom stereocenters. The number of carbonyl (C=O) groups is 1. The SMILES string of the molecule is Cc1cc(C)n([C@H](C)CNC(=O)Cn2c(-c3ccc(F)cc3)cc3cccnc32)n1. The number of carbonyl (C=O) groups excluding carboxylic acids is 1. The number of nitrogens with one attached hydrogen (secondary N) is 1. The van der Waals surface area contributed by atoms with E-state index in [4.69, 9.17) is 0 Å². The quantitative estimate of drug-likeness (QED) is 0.527. The van der Waals surface area contributed by atoms with Crippen molar-refractivity contribution >= 4 is 16.9 Å². The van der Waals surface area contributed by atoms with E-state index in [0.717, 1.165) is 33.7 Å². The maximum atomic E-state index is 13.4. The molecule has 1 amide bonds. The van der Waals surface area contributed by atoms with E-state index in [1.807, 2.05) is 54.3 Å². The van der Waals surface area contributed by atoms with Gasteiger partial charge in [0.1, 0.15) is 18.0 Å². The summed E-state index contributed by atoms with van der Waals surface area (Å²) in [6.45, 7) is 6.58. The largest absolute Gasteiger partial charge is 0.352 e. The molecule has 6 nitrogen and oxygen atoms in total. The van der Waals surface area contributed by atoms with Gasteiger partial charge in [0.15, 0.2) is 0 Å². The van der Waals surface area contributed by atoms with Crippen molar-refractivity contribution in [2.75, 3.05) is 6.54 Å². The number of halogens is 1. The highest BCUT2D eigenvalue weighted by molar-refractivity contribution is 5.87. The van der Waals surface area contributed by atoms with E-state index < -0.39 is 0 Å². The molecule has 3 aromatic heterocycles. The number of amides is 1. The summed E-state index contributed by atoms with van der Waals surface area (Å²) < 4.78 is 17.2. The van der Waals surface area contributed by atoms with E-state index in [9.17, 15) is 9.18 Å². The molecule has 0 aliphatic carbocycles. The monoisotopic (exact) mass is 405 g/mol. The highest BCUT2D eigenvalue weighted by Gasteiger charge is 2.16. The first kappa shape index (κ1) is 19.8. The maximum Gasteiger partial charge on any atom is 0.240 e. The number of hydrogen-bond acceptors (Lipinski definition) is 3. The Morgan fingerprint density at radius 2 is 1.93 bits per heavy atom. The topological polar surface area (TPSA) is 64.7 Å². The molecule has 1 aromatic carbocycles. The zero-order valence-corrected chi connectivity index (χ0v) is 17.3. The fourth-order valence-corrected chi connectivity index (χ4v) is 3.75. The highest BCUT2D eigenvalue weighted by atomic mass is 19.1. The lowest BCUT2D eigenvalue weighted by Crippen LogP contribution is -2.33. The van der Waals surface area contributed by atoms with Crippen LogP contribution in [0, 0.1) is 19.7 Å². The molecule has 4 rings (SSSR count). The molecular formula is C23H24FN5O. The highest BCUT2D eigenvalue weighted by Crippen LogP contribution is 2.27. The standard InChI is InChI=1S/C23H24FN5O/c1-15-11-16(2)29(27-15)17(3)13-26-22(30)14-28-21(18-6-8-20(24)9-7-18)12-19-5-4-10-25-23(19)28/h4-12,17H,13-14H2,1-3H3,(H,26,30)/t17-/m1/s1. The van der Waals surface area contributed by atoms with Crippen molar-refractivity contribution in [1.29, 1.82) is 0 Å². The summed E-state index contributed by atoms with van der Waals surface area (Å²) >= 11 is 0. The van der Waals surface area contributed by atoms with Gasteiger partial charge in [-0.05, 0) is 74.9 Å². The van der Waals surface area contributed by atoms with Crippen LogP contribution < -0.4 is 5.32 Å². The van der Waals surface area contributed by atoms with Gasteiger partial charge in [-0.15, -0.1) is 0 Å². The van der Waals surface area contributed by atoms with Gasteiger partial charge in [-0.1, -0.05) is 0 Å². The lowest BCUT2D eigenvalue weighted by molar-refractivity contribution is -0.121. The van der Waals surface area contributed by atoms with E-state index in [2.05, 4.69) is 15.4 Å². The molecule has 0 spiro atoms. The van der Waals surface area contributed by atoms with Crippen molar-refractivity contribution in [3.05, 3.63) is 71.9 Å². The lowest BCUT2D eigenvalue weighted by atomic mass is 10.1. The predicted octanol–water partition coefficient (Wildman–Crippen LogP) is 4.03. The van der Waals surface area contributed by atoms with Crippen molar-refractivity contribution in [2.24, 2.45) is 0 Å². The van der Waals surface area contributed by atoms with Crippen LogP contribution in [0.3, 0.4) is 0 Å². The zero-order valence-electron chi connectivity index (χ0n) is 17.3. The molecule has 30 heavy (non-hydrogen) atoms. The summed E-state index contributed by atoms with van der Waals surface area (Å²) in [5.74, 6) is -0.412. The third-order valence-electron chi connectivity index (χ3n) is 5.15. The number of nitrogens with zero attached hydrogens (tertiary/aromatic N) is 4.